The third-order valence-corrected chi connectivity index (χ3v) is 16.1. The molecule has 18 N–H and O–H groups in total. The molecule has 4 heterocycles. The zero-order valence-electron chi connectivity index (χ0n) is 57.6. The summed E-state index contributed by atoms with van der Waals surface area (Å²) in [5.41, 5.74) is 35.5. The summed E-state index contributed by atoms with van der Waals surface area (Å²) in [6, 6.07) is 65.2. The maximum absolute atomic E-state index is 12.3. The topological polar surface area (TPSA) is 455 Å². The Morgan fingerprint density at radius 3 is 1.05 bits per heavy atom. The number of H-pyrrole nitrogens is 4. The number of primary amides is 4. The van der Waals surface area contributed by atoms with E-state index in [9.17, 15) is 38.4 Å². The van der Waals surface area contributed by atoms with Gasteiger partial charge in [0.05, 0.1) is 58.6 Å². The highest BCUT2D eigenvalue weighted by molar-refractivity contribution is 6.05. The van der Waals surface area contributed by atoms with Crippen LogP contribution in [0.15, 0.2) is 224 Å². The number of hydrogen-bond donors (Lipinski definition) is 14. The van der Waals surface area contributed by atoms with Crippen molar-refractivity contribution in [1.82, 2.24) is 51.4 Å². The number of anilines is 4. The summed E-state index contributed by atoms with van der Waals surface area (Å²) in [6.45, 7) is 4.82. The van der Waals surface area contributed by atoms with Crippen molar-refractivity contribution in [1.29, 1.82) is 0 Å². The molecular formula is C78H70N18O11. The second-order valence-electron chi connectivity index (χ2n) is 23.4. The highest BCUT2D eigenvalue weighted by Gasteiger charge is 2.18. The van der Waals surface area contributed by atoms with Crippen molar-refractivity contribution in [3.05, 3.63) is 252 Å². The summed E-state index contributed by atoms with van der Waals surface area (Å²) in [5.74, 6) is -0.782. The van der Waals surface area contributed by atoms with Gasteiger partial charge < -0.3 is 58.4 Å². The fourth-order valence-corrected chi connectivity index (χ4v) is 11.0. The Balaban J connectivity index is 0.000000143. The molecule has 4 aromatic heterocycles. The average Bonchev–Trinajstić information content (AvgIpc) is 1.69. The van der Waals surface area contributed by atoms with Gasteiger partial charge in [0.2, 0.25) is 23.6 Å². The second-order valence-corrected chi connectivity index (χ2v) is 23.4. The number of methoxy groups -OCH3 is 1. The Morgan fingerprint density at radius 2 is 0.710 bits per heavy atom. The van der Waals surface area contributed by atoms with Crippen LogP contribution in [-0.4, -0.2) is 109 Å². The van der Waals surface area contributed by atoms with E-state index in [0.29, 0.717) is 93.2 Å². The summed E-state index contributed by atoms with van der Waals surface area (Å²) in [5, 5.41) is 48.6. The number of hydrogen-bond acceptors (Lipinski definition) is 15. The first kappa shape index (κ1) is 73.1. The molecule has 10 amide bonds. The third-order valence-electron chi connectivity index (χ3n) is 16.1. The Morgan fingerprint density at radius 1 is 0.364 bits per heavy atom. The minimum atomic E-state index is -0.591. The van der Waals surface area contributed by atoms with Gasteiger partial charge in [0.15, 0.2) is 0 Å². The van der Waals surface area contributed by atoms with Crippen LogP contribution < -0.4 is 64.3 Å². The number of aromatic amines is 4. The zero-order chi connectivity index (χ0) is 75.5. The maximum Gasteiger partial charge on any atom is 0.417 e. The maximum atomic E-state index is 12.3. The first-order valence-electron chi connectivity index (χ1n) is 33.0. The lowest BCUT2D eigenvalue weighted by Crippen LogP contribution is -2.28. The number of carbonyl (C=O) groups is 8. The van der Waals surface area contributed by atoms with Crippen molar-refractivity contribution in [3.63, 3.8) is 0 Å². The van der Waals surface area contributed by atoms with Crippen molar-refractivity contribution >= 4 is 114 Å². The minimum absolute atomic E-state index is 0.266. The molecule has 0 atom stereocenters. The average molecular weight is 1440 g/mol. The molecule has 14 aromatic rings. The standard InChI is InChI=1S/C23H21N5O3.C21H16N4O3.C17H17N5O2.C17H16N4O3/c1-31-18-8-5-14(6-9-18)13-25-23(30)26-17-4-2-3-15(11-17)21-19-12-16(22(24)29)7-10-20(19)27-28-21;22-20(26)14-9-10-18-17(12-14)19(25-24-18)13-5-4-6-15(11-13)23-21(27)28-16-7-2-1-3-8-16;1-2-19-17(24)20-12-5-3-4-10(8-12)15-13-9-11(16(18)23)6-7-14(13)21-22-15;1-2-24-17(23)19-12-5-3-4-10(8-12)15-13-9-11(16(18)22)6-7-14(13)20-21-15/h2-12H,13H2,1H3,(H2,24,29)(H,27,28)(H2,25,26,30);1-12H,(H2,22,26)(H,23,27)(H,24,25);3-9H,2H2,1H3,(H2,18,23)(H,21,22)(H2,19,20,24);3-9H,2H2,1H3,(H2,18,22)(H,19,23)(H,20,21). The minimum Gasteiger partial charge on any atom is -0.497 e. The number of rotatable bonds is 18. The van der Waals surface area contributed by atoms with Crippen LogP contribution in [0.2, 0.25) is 0 Å². The van der Waals surface area contributed by atoms with E-state index in [-0.39, 0.29) is 12.1 Å². The van der Waals surface area contributed by atoms with Gasteiger partial charge in [0.25, 0.3) is 0 Å². The highest BCUT2D eigenvalue weighted by Crippen LogP contribution is 2.34. The van der Waals surface area contributed by atoms with Crippen molar-refractivity contribution in [2.75, 3.05) is 41.5 Å². The number of nitrogens with two attached hydrogens (primary N) is 4. The van der Waals surface area contributed by atoms with Crippen LogP contribution in [-0.2, 0) is 11.3 Å². The molecular weight excluding hydrogens is 1360 g/mol. The summed E-state index contributed by atoms with van der Waals surface area (Å²) >= 11 is 0. The Labute approximate surface area is 609 Å². The van der Waals surface area contributed by atoms with Crippen LogP contribution >= 0.6 is 0 Å². The van der Waals surface area contributed by atoms with E-state index in [0.717, 1.165) is 77.2 Å². The molecule has 0 fully saturated rings. The molecule has 107 heavy (non-hydrogen) atoms. The molecule has 0 aliphatic carbocycles. The zero-order valence-corrected chi connectivity index (χ0v) is 57.6. The van der Waals surface area contributed by atoms with Gasteiger partial charge in [0, 0.05) is 102 Å². The Kier molecular flexibility index (Phi) is 23.2. The lowest BCUT2D eigenvalue weighted by molar-refractivity contribution is 0.0992. The first-order chi connectivity index (χ1) is 51.8. The van der Waals surface area contributed by atoms with E-state index in [1.54, 1.807) is 160 Å². The van der Waals surface area contributed by atoms with Gasteiger partial charge >= 0.3 is 24.2 Å². The summed E-state index contributed by atoms with van der Waals surface area (Å²) in [4.78, 5) is 93.4. The van der Waals surface area contributed by atoms with Gasteiger partial charge in [-0.2, -0.15) is 20.4 Å². The fourth-order valence-electron chi connectivity index (χ4n) is 11.0. The lowest BCUT2D eigenvalue weighted by atomic mass is 10.0. The van der Waals surface area contributed by atoms with Crippen LogP contribution in [0.3, 0.4) is 0 Å². The number of aromatic nitrogens is 8. The summed E-state index contributed by atoms with van der Waals surface area (Å²) < 4.78 is 15.2. The van der Waals surface area contributed by atoms with Gasteiger partial charge in [-0.3, -0.25) is 50.2 Å². The first-order valence-corrected chi connectivity index (χ1v) is 33.0. The second kappa shape index (κ2) is 34.0. The molecule has 10 aromatic carbocycles. The number of nitrogens with zero attached hydrogens (tertiary/aromatic N) is 4. The molecule has 0 radical (unpaired) electrons. The number of ether oxygens (including phenoxy) is 3. The van der Waals surface area contributed by atoms with E-state index < -0.39 is 35.8 Å². The molecule has 0 saturated carbocycles. The van der Waals surface area contributed by atoms with Crippen LogP contribution in [0.4, 0.5) is 41.9 Å². The number of amides is 10. The SMILES string of the molecule is CCNC(=O)Nc1cccc(-c2n[nH]c3ccc(C(N)=O)cc23)c1.CCOC(=O)Nc1cccc(-c2n[nH]c3ccc(C(N)=O)cc23)c1.COc1ccc(CNC(=O)Nc2cccc(-c3n[nH]c4ccc(C(N)=O)cc34)c2)cc1.NC(=O)c1ccc2[nH]nc(-c3cccc(NC(=O)Oc4ccccc4)c3)c2c1. The van der Waals surface area contributed by atoms with Crippen molar-refractivity contribution < 1.29 is 52.6 Å². The van der Waals surface area contributed by atoms with Crippen molar-refractivity contribution in [3.8, 4) is 56.5 Å². The quantitative estimate of drug-likeness (QED) is 0.0380. The predicted octanol–water partition coefficient (Wildman–Crippen LogP) is 13.0. The molecule has 0 aliphatic rings. The molecule has 14 rings (SSSR count). The summed E-state index contributed by atoms with van der Waals surface area (Å²) in [7, 11) is 1.61. The monoisotopic (exact) mass is 1430 g/mol. The van der Waals surface area contributed by atoms with Crippen LogP contribution in [0.1, 0.15) is 60.8 Å². The highest BCUT2D eigenvalue weighted by atomic mass is 16.6. The largest absolute Gasteiger partial charge is 0.497 e. The number of urea groups is 2. The normalized spacial score (nSPS) is 10.6. The van der Waals surface area contributed by atoms with Gasteiger partial charge in [-0.1, -0.05) is 78.9 Å². The smallest absolute Gasteiger partial charge is 0.417 e. The number of para-hydroxylation sites is 1. The van der Waals surface area contributed by atoms with E-state index in [1.165, 1.54) is 0 Å². The number of carbonyl (C=O) groups excluding carboxylic acids is 8. The molecule has 29 nitrogen and oxygen atoms in total. The molecule has 29 heteroatoms. The number of benzene rings is 10. The Hall–Kier alpha value is -15.2. The molecule has 0 bridgehead atoms. The molecule has 0 aliphatic heterocycles. The van der Waals surface area contributed by atoms with E-state index >= 15 is 0 Å². The molecule has 0 unspecified atom stereocenters. The fraction of sp³-hybridized carbons (Fsp3) is 0.0769. The van der Waals surface area contributed by atoms with Gasteiger partial charge in [-0.25, -0.2) is 19.2 Å². The predicted molar refractivity (Wildman–Crippen MR) is 408 cm³/mol. The molecule has 0 spiro atoms. The van der Waals surface area contributed by atoms with Crippen LogP contribution in [0.5, 0.6) is 11.5 Å². The van der Waals surface area contributed by atoms with Gasteiger partial charge in [0.1, 0.15) is 11.5 Å². The molecule has 538 valence electrons. The van der Waals surface area contributed by atoms with Crippen LogP contribution in [0, 0.1) is 0 Å². The van der Waals surface area contributed by atoms with Crippen LogP contribution in [0.25, 0.3) is 88.6 Å². The van der Waals surface area contributed by atoms with Gasteiger partial charge in [-0.15, -0.1) is 0 Å². The lowest BCUT2D eigenvalue weighted by Gasteiger charge is -2.09. The van der Waals surface area contributed by atoms with Crippen molar-refractivity contribution in [2.24, 2.45) is 22.9 Å². The third kappa shape index (κ3) is 18.7. The summed E-state index contributed by atoms with van der Waals surface area (Å²) in [6.07, 6.45) is -1.11. The Bertz CT molecular complexity index is 5470. The molecule has 0 saturated heterocycles. The van der Waals surface area contributed by atoms with E-state index in [2.05, 4.69) is 72.7 Å². The van der Waals surface area contributed by atoms with Gasteiger partial charge in [-0.05, 0) is 165 Å². The number of fused-ring (bicyclic) bond motifs is 4. The number of nitrogens with one attached hydrogen (secondary N) is 10. The van der Waals surface area contributed by atoms with Crippen molar-refractivity contribution in [2.45, 2.75) is 20.4 Å². The van der Waals surface area contributed by atoms with E-state index in [1.807, 2.05) is 85.8 Å². The van der Waals surface area contributed by atoms with E-state index in [4.69, 9.17) is 37.1 Å².